The Kier molecular flexibility index (Phi) is 5.18. The van der Waals surface area contributed by atoms with Crippen LogP contribution >= 0.6 is 0 Å². The van der Waals surface area contributed by atoms with Crippen LogP contribution in [0.5, 0.6) is 0 Å². The summed E-state index contributed by atoms with van der Waals surface area (Å²) in [4.78, 5) is 24.9. The second kappa shape index (κ2) is 6.47. The van der Waals surface area contributed by atoms with E-state index >= 15 is 0 Å². The van der Waals surface area contributed by atoms with E-state index in [0.717, 1.165) is 6.42 Å². The molecule has 6 heteroatoms. The number of nitrogens with one attached hydrogen (secondary N) is 1. The predicted molar refractivity (Wildman–Crippen MR) is 83.6 cm³/mol. The highest BCUT2D eigenvalue weighted by Crippen LogP contribution is 2.22. The number of anilines is 2. The lowest BCUT2D eigenvalue weighted by atomic mass is 10.0. The molecule has 4 N–H and O–H groups in total. The van der Waals surface area contributed by atoms with Crippen molar-refractivity contribution in [3.8, 4) is 0 Å². The minimum absolute atomic E-state index is 0.0770. The number of nitrogens with two attached hydrogens (primary N) is 1. The summed E-state index contributed by atoms with van der Waals surface area (Å²) in [5, 5.41) is 12.1. The Hall–Kier alpha value is -2.24. The molecule has 0 fully saturated rings. The van der Waals surface area contributed by atoms with Crippen molar-refractivity contribution in [2.45, 2.75) is 32.7 Å². The molecule has 0 bridgehead atoms. The summed E-state index contributed by atoms with van der Waals surface area (Å²) < 4.78 is 0. The molecule has 0 aliphatic rings. The standard InChI is InChI=1S/C15H23N3O3/c1-5-15(2,3)17-13(19)9-18(4)12-7-6-10(16)8-11(12)14(20)21/h6-8H,5,9,16H2,1-4H3,(H,17,19)(H,20,21). The van der Waals surface area contributed by atoms with Gasteiger partial charge < -0.3 is 21.1 Å². The Balaban J connectivity index is 2.87. The van der Waals surface area contributed by atoms with Crippen molar-refractivity contribution >= 4 is 23.3 Å². The topological polar surface area (TPSA) is 95.7 Å². The molecule has 0 unspecified atom stereocenters. The number of hydrogen-bond acceptors (Lipinski definition) is 4. The fourth-order valence-electron chi connectivity index (χ4n) is 1.86. The van der Waals surface area contributed by atoms with Gasteiger partial charge in [-0.2, -0.15) is 0 Å². The lowest BCUT2D eigenvalue weighted by molar-refractivity contribution is -0.121. The molecule has 0 aromatic heterocycles. The minimum Gasteiger partial charge on any atom is -0.478 e. The van der Waals surface area contributed by atoms with Crippen LogP contribution in [0.2, 0.25) is 0 Å². The first kappa shape index (κ1) is 16.8. The number of carboxylic acids is 1. The Morgan fingerprint density at radius 3 is 2.52 bits per heavy atom. The number of carbonyl (C=O) groups is 2. The maximum Gasteiger partial charge on any atom is 0.337 e. The molecule has 1 amide bonds. The van der Waals surface area contributed by atoms with E-state index in [1.807, 2.05) is 20.8 Å². The number of likely N-dealkylation sites (N-methyl/N-ethyl adjacent to an activating group) is 1. The molecule has 0 heterocycles. The van der Waals surface area contributed by atoms with E-state index in [4.69, 9.17) is 5.73 Å². The third-order valence-electron chi connectivity index (χ3n) is 3.40. The van der Waals surface area contributed by atoms with Crippen molar-refractivity contribution in [1.29, 1.82) is 0 Å². The molecule has 0 saturated carbocycles. The molecule has 0 atom stereocenters. The normalized spacial score (nSPS) is 11.0. The van der Waals surface area contributed by atoms with Crippen LogP contribution in [0.1, 0.15) is 37.6 Å². The van der Waals surface area contributed by atoms with Gasteiger partial charge in [0.2, 0.25) is 5.91 Å². The van der Waals surface area contributed by atoms with Crippen molar-refractivity contribution in [1.82, 2.24) is 5.32 Å². The number of nitrogens with zero attached hydrogens (tertiary/aromatic N) is 1. The smallest absolute Gasteiger partial charge is 0.337 e. The second-order valence-electron chi connectivity index (χ2n) is 5.72. The van der Waals surface area contributed by atoms with Gasteiger partial charge in [-0.1, -0.05) is 6.92 Å². The molecule has 1 rings (SSSR count). The number of nitrogen functional groups attached to an aromatic ring is 1. The Morgan fingerprint density at radius 2 is 2.00 bits per heavy atom. The number of benzene rings is 1. The zero-order valence-corrected chi connectivity index (χ0v) is 12.9. The van der Waals surface area contributed by atoms with Gasteiger partial charge in [-0.3, -0.25) is 4.79 Å². The zero-order chi connectivity index (χ0) is 16.2. The SMILES string of the molecule is CCC(C)(C)NC(=O)CN(C)c1ccc(N)cc1C(=O)O. The van der Waals surface area contributed by atoms with Gasteiger partial charge in [0.05, 0.1) is 17.8 Å². The first-order valence-electron chi connectivity index (χ1n) is 6.81. The van der Waals surface area contributed by atoms with Crippen molar-refractivity contribution in [2.75, 3.05) is 24.2 Å². The number of amides is 1. The quantitative estimate of drug-likeness (QED) is 0.694. The van der Waals surface area contributed by atoms with Crippen molar-refractivity contribution in [3.63, 3.8) is 0 Å². The molecule has 0 saturated heterocycles. The van der Waals surface area contributed by atoms with Crippen LogP contribution in [0, 0.1) is 0 Å². The lowest BCUT2D eigenvalue weighted by Gasteiger charge is -2.27. The van der Waals surface area contributed by atoms with Crippen LogP contribution in [-0.4, -0.2) is 36.1 Å². The van der Waals surface area contributed by atoms with Gasteiger partial charge in [0, 0.05) is 18.3 Å². The van der Waals surface area contributed by atoms with Gasteiger partial charge in [-0.15, -0.1) is 0 Å². The van der Waals surface area contributed by atoms with E-state index in [2.05, 4.69) is 5.32 Å². The highest BCUT2D eigenvalue weighted by atomic mass is 16.4. The zero-order valence-electron chi connectivity index (χ0n) is 12.9. The van der Waals surface area contributed by atoms with Gasteiger partial charge in [0.25, 0.3) is 0 Å². The van der Waals surface area contributed by atoms with Crippen molar-refractivity contribution in [2.24, 2.45) is 0 Å². The number of rotatable bonds is 6. The Bertz CT molecular complexity index is 541. The summed E-state index contributed by atoms with van der Waals surface area (Å²) in [5.41, 5.74) is 6.24. The highest BCUT2D eigenvalue weighted by Gasteiger charge is 2.20. The molecule has 1 aromatic rings. The molecule has 0 spiro atoms. The van der Waals surface area contributed by atoms with Crippen molar-refractivity contribution < 1.29 is 14.7 Å². The fraction of sp³-hybridized carbons (Fsp3) is 0.467. The van der Waals surface area contributed by atoms with Crippen LogP contribution in [0.4, 0.5) is 11.4 Å². The van der Waals surface area contributed by atoms with Crippen LogP contribution < -0.4 is 16.0 Å². The van der Waals surface area contributed by atoms with Crippen LogP contribution in [0.15, 0.2) is 18.2 Å². The minimum atomic E-state index is -1.07. The molecular weight excluding hydrogens is 270 g/mol. The van der Waals surface area contributed by atoms with Gasteiger partial charge in [0.1, 0.15) is 0 Å². The second-order valence-corrected chi connectivity index (χ2v) is 5.72. The number of hydrogen-bond donors (Lipinski definition) is 3. The fourth-order valence-corrected chi connectivity index (χ4v) is 1.86. The highest BCUT2D eigenvalue weighted by molar-refractivity contribution is 5.96. The Morgan fingerprint density at radius 1 is 1.38 bits per heavy atom. The van der Waals surface area contributed by atoms with Crippen LogP contribution in [0.3, 0.4) is 0 Å². The average Bonchev–Trinajstić information content (AvgIpc) is 2.37. The van der Waals surface area contributed by atoms with Gasteiger partial charge in [0.15, 0.2) is 0 Å². The largest absolute Gasteiger partial charge is 0.478 e. The summed E-state index contributed by atoms with van der Waals surface area (Å²) in [5.74, 6) is -1.23. The first-order valence-corrected chi connectivity index (χ1v) is 6.81. The molecule has 0 aliphatic carbocycles. The molecule has 21 heavy (non-hydrogen) atoms. The molecule has 116 valence electrons. The third kappa shape index (κ3) is 4.66. The van der Waals surface area contributed by atoms with E-state index in [1.165, 1.54) is 6.07 Å². The number of carboxylic acid groups (broad SMARTS) is 1. The molecule has 6 nitrogen and oxygen atoms in total. The average molecular weight is 293 g/mol. The molecule has 0 aliphatic heterocycles. The van der Waals surface area contributed by atoms with Crippen LogP contribution in [-0.2, 0) is 4.79 Å². The Labute approximate surface area is 124 Å². The number of carbonyl (C=O) groups excluding carboxylic acids is 1. The molecule has 1 aromatic carbocycles. The van der Waals surface area contributed by atoms with E-state index < -0.39 is 5.97 Å². The van der Waals surface area contributed by atoms with E-state index in [0.29, 0.717) is 11.4 Å². The van der Waals surface area contributed by atoms with E-state index in [1.54, 1.807) is 24.1 Å². The summed E-state index contributed by atoms with van der Waals surface area (Å²) in [6.45, 7) is 5.95. The van der Waals surface area contributed by atoms with Crippen LogP contribution in [0.25, 0.3) is 0 Å². The maximum absolute atomic E-state index is 12.0. The van der Waals surface area contributed by atoms with Crippen molar-refractivity contribution in [3.05, 3.63) is 23.8 Å². The van der Waals surface area contributed by atoms with Gasteiger partial charge >= 0.3 is 5.97 Å². The third-order valence-corrected chi connectivity index (χ3v) is 3.40. The van der Waals surface area contributed by atoms with E-state index in [-0.39, 0.29) is 23.6 Å². The number of aromatic carboxylic acids is 1. The monoisotopic (exact) mass is 293 g/mol. The van der Waals surface area contributed by atoms with E-state index in [9.17, 15) is 14.7 Å². The summed E-state index contributed by atoms with van der Waals surface area (Å²) >= 11 is 0. The first-order chi connectivity index (χ1) is 9.66. The predicted octanol–water partition coefficient (Wildman–Crippen LogP) is 1.71. The lowest BCUT2D eigenvalue weighted by Crippen LogP contribution is -2.47. The molecule has 0 radical (unpaired) electrons. The summed E-state index contributed by atoms with van der Waals surface area (Å²) in [7, 11) is 1.68. The summed E-state index contributed by atoms with van der Waals surface area (Å²) in [6, 6.07) is 4.62. The summed E-state index contributed by atoms with van der Waals surface area (Å²) in [6.07, 6.45) is 0.810. The van der Waals surface area contributed by atoms with Gasteiger partial charge in [-0.25, -0.2) is 4.79 Å². The maximum atomic E-state index is 12.0. The van der Waals surface area contributed by atoms with Gasteiger partial charge in [-0.05, 0) is 38.5 Å². The molecular formula is C15H23N3O3.